The van der Waals surface area contributed by atoms with E-state index < -0.39 is 17.9 Å². The lowest BCUT2D eigenvalue weighted by molar-refractivity contribution is -0.137. The highest BCUT2D eigenvalue weighted by Crippen LogP contribution is 2.20. The van der Waals surface area contributed by atoms with Crippen molar-refractivity contribution in [3.8, 4) is 0 Å². The first-order chi connectivity index (χ1) is 9.56. The van der Waals surface area contributed by atoms with Gasteiger partial charge in [-0.2, -0.15) is 16.4 Å². The van der Waals surface area contributed by atoms with E-state index in [9.17, 15) is 14.4 Å². The lowest BCUT2D eigenvalue weighted by Gasteiger charge is -2.18. The van der Waals surface area contributed by atoms with E-state index >= 15 is 0 Å². The lowest BCUT2D eigenvalue weighted by Crippen LogP contribution is -2.39. The molecule has 1 unspecified atom stereocenters. The number of hydrogen-bond acceptors (Lipinski definition) is 5. The van der Waals surface area contributed by atoms with Crippen LogP contribution in [0.3, 0.4) is 0 Å². The highest BCUT2D eigenvalue weighted by Gasteiger charge is 2.23. The van der Waals surface area contributed by atoms with Gasteiger partial charge in [0.25, 0.3) is 5.91 Å². The molecule has 1 aromatic heterocycles. The second-order valence-electron chi connectivity index (χ2n) is 4.27. The van der Waals surface area contributed by atoms with E-state index in [1.165, 1.54) is 11.3 Å². The number of nitrogens with zero attached hydrogens (tertiary/aromatic N) is 1. The number of hydrazone groups is 1. The van der Waals surface area contributed by atoms with Crippen molar-refractivity contribution in [3.63, 3.8) is 0 Å². The first-order valence-corrected chi connectivity index (χ1v) is 6.90. The van der Waals surface area contributed by atoms with Crippen molar-refractivity contribution in [2.45, 2.75) is 25.3 Å². The smallest absolute Gasteiger partial charge is 0.305 e. The van der Waals surface area contributed by atoms with E-state index in [1.54, 1.807) is 11.4 Å². The summed E-state index contributed by atoms with van der Waals surface area (Å²) >= 11 is 1.43. The third-order valence-corrected chi connectivity index (χ3v) is 3.50. The quantitative estimate of drug-likeness (QED) is 0.741. The van der Waals surface area contributed by atoms with Crippen LogP contribution in [0.5, 0.6) is 0 Å². The number of hydrogen-bond donors (Lipinski definition) is 3. The lowest BCUT2D eigenvalue weighted by atomic mass is 10.1. The molecular formula is C12H13N3O4S. The summed E-state index contributed by atoms with van der Waals surface area (Å²) in [6.07, 6.45) is 0.248. The Morgan fingerprint density at radius 1 is 1.50 bits per heavy atom. The molecule has 0 spiro atoms. The SMILES string of the molecule is O=C(O)CC(NC(=O)C1=NNC(=O)CC1)c1ccsc1. The van der Waals surface area contributed by atoms with Crippen molar-refractivity contribution in [1.82, 2.24) is 10.7 Å². The minimum Gasteiger partial charge on any atom is -0.481 e. The van der Waals surface area contributed by atoms with Gasteiger partial charge in [-0.25, -0.2) is 5.43 Å². The summed E-state index contributed by atoms with van der Waals surface area (Å²) in [5.74, 6) is -1.69. The number of thiophene rings is 1. The molecule has 2 rings (SSSR count). The molecule has 2 heterocycles. The van der Waals surface area contributed by atoms with Crippen LogP contribution < -0.4 is 10.7 Å². The van der Waals surface area contributed by atoms with Crippen LogP contribution in [-0.2, 0) is 14.4 Å². The molecule has 0 aromatic carbocycles. The maximum absolute atomic E-state index is 12.0. The molecule has 106 valence electrons. The predicted molar refractivity (Wildman–Crippen MR) is 72.3 cm³/mol. The zero-order valence-corrected chi connectivity index (χ0v) is 11.3. The van der Waals surface area contributed by atoms with E-state index in [0.717, 1.165) is 5.56 Å². The van der Waals surface area contributed by atoms with Crippen LogP contribution in [-0.4, -0.2) is 28.6 Å². The fourth-order valence-corrected chi connectivity index (χ4v) is 2.49. The second-order valence-corrected chi connectivity index (χ2v) is 5.05. The van der Waals surface area contributed by atoms with Crippen molar-refractivity contribution in [3.05, 3.63) is 22.4 Å². The average molecular weight is 295 g/mol. The summed E-state index contributed by atoms with van der Waals surface area (Å²) in [5, 5.41) is 18.8. The van der Waals surface area contributed by atoms with Gasteiger partial charge in [0.05, 0.1) is 12.5 Å². The number of aliphatic carboxylic acids is 1. The van der Waals surface area contributed by atoms with E-state index in [1.807, 2.05) is 5.38 Å². The zero-order valence-electron chi connectivity index (χ0n) is 10.5. The van der Waals surface area contributed by atoms with E-state index in [-0.39, 0.29) is 30.9 Å². The Balaban J connectivity index is 2.06. The Morgan fingerprint density at radius 2 is 2.30 bits per heavy atom. The predicted octanol–water partition coefficient (Wildman–Crippen LogP) is 0.646. The Morgan fingerprint density at radius 3 is 2.85 bits per heavy atom. The number of carbonyl (C=O) groups excluding carboxylic acids is 2. The van der Waals surface area contributed by atoms with Crippen LogP contribution >= 0.6 is 11.3 Å². The number of amides is 2. The number of nitrogens with one attached hydrogen (secondary N) is 2. The molecule has 0 fully saturated rings. The van der Waals surface area contributed by atoms with Gasteiger partial charge < -0.3 is 10.4 Å². The standard InChI is InChI=1S/C12H13N3O4S/c16-10-2-1-8(14-15-10)12(19)13-9(5-11(17)18)7-3-4-20-6-7/h3-4,6,9H,1-2,5H2,(H,13,19)(H,15,16)(H,17,18). The minimum absolute atomic E-state index is 0.203. The largest absolute Gasteiger partial charge is 0.481 e. The number of carboxylic acid groups (broad SMARTS) is 1. The summed E-state index contributed by atoms with van der Waals surface area (Å²) in [6, 6.07) is 1.16. The molecule has 8 heteroatoms. The van der Waals surface area contributed by atoms with Gasteiger partial charge in [-0.1, -0.05) is 0 Å². The third kappa shape index (κ3) is 3.64. The van der Waals surface area contributed by atoms with Gasteiger partial charge in [0, 0.05) is 12.8 Å². The molecule has 2 amide bonds. The fourth-order valence-electron chi connectivity index (χ4n) is 1.78. The summed E-state index contributed by atoms with van der Waals surface area (Å²) in [7, 11) is 0. The molecule has 0 radical (unpaired) electrons. The molecule has 0 saturated carbocycles. The Bertz CT molecular complexity index is 553. The van der Waals surface area contributed by atoms with Crippen LogP contribution in [0.1, 0.15) is 30.9 Å². The molecule has 0 saturated heterocycles. The van der Waals surface area contributed by atoms with E-state index in [0.29, 0.717) is 0 Å². The van der Waals surface area contributed by atoms with Crippen molar-refractivity contribution in [2.75, 3.05) is 0 Å². The molecule has 7 nitrogen and oxygen atoms in total. The molecule has 1 aromatic rings. The molecule has 1 aliphatic heterocycles. The van der Waals surface area contributed by atoms with Crippen molar-refractivity contribution in [1.29, 1.82) is 0 Å². The monoisotopic (exact) mass is 295 g/mol. The Hall–Kier alpha value is -2.22. The highest BCUT2D eigenvalue weighted by atomic mass is 32.1. The molecular weight excluding hydrogens is 282 g/mol. The molecule has 1 aliphatic rings. The van der Waals surface area contributed by atoms with Crippen molar-refractivity contribution >= 4 is 34.8 Å². The third-order valence-electron chi connectivity index (χ3n) is 2.80. The molecule has 1 atom stereocenters. The van der Waals surface area contributed by atoms with Gasteiger partial charge in [-0.15, -0.1) is 0 Å². The summed E-state index contributed by atoms with van der Waals surface area (Å²) in [6.45, 7) is 0. The van der Waals surface area contributed by atoms with Gasteiger partial charge in [0.1, 0.15) is 5.71 Å². The maximum Gasteiger partial charge on any atom is 0.305 e. The van der Waals surface area contributed by atoms with E-state index in [4.69, 9.17) is 5.11 Å². The van der Waals surface area contributed by atoms with Crippen LogP contribution in [0.25, 0.3) is 0 Å². The average Bonchev–Trinajstić information content (AvgIpc) is 2.92. The topological polar surface area (TPSA) is 108 Å². The van der Waals surface area contributed by atoms with E-state index in [2.05, 4.69) is 15.8 Å². The summed E-state index contributed by atoms with van der Waals surface area (Å²) in [5.41, 5.74) is 3.18. The number of carboxylic acids is 1. The van der Waals surface area contributed by atoms with Crippen LogP contribution in [0.15, 0.2) is 21.9 Å². The first-order valence-electron chi connectivity index (χ1n) is 5.96. The molecule has 3 N–H and O–H groups in total. The molecule has 0 bridgehead atoms. The normalized spacial score (nSPS) is 16.0. The Kier molecular flexibility index (Phi) is 4.46. The van der Waals surface area contributed by atoms with Crippen molar-refractivity contribution < 1.29 is 19.5 Å². The van der Waals surface area contributed by atoms with Crippen LogP contribution in [0.2, 0.25) is 0 Å². The summed E-state index contributed by atoms with van der Waals surface area (Å²) in [4.78, 5) is 33.8. The minimum atomic E-state index is -1.000. The zero-order chi connectivity index (χ0) is 14.5. The molecule has 20 heavy (non-hydrogen) atoms. The maximum atomic E-state index is 12.0. The first kappa shape index (κ1) is 14.2. The van der Waals surface area contributed by atoms with Gasteiger partial charge in [0.15, 0.2) is 0 Å². The van der Waals surface area contributed by atoms with Crippen molar-refractivity contribution in [2.24, 2.45) is 5.10 Å². The number of carbonyl (C=O) groups is 3. The fraction of sp³-hybridized carbons (Fsp3) is 0.333. The van der Waals surface area contributed by atoms with Gasteiger partial charge in [-0.05, 0) is 22.4 Å². The highest BCUT2D eigenvalue weighted by molar-refractivity contribution is 7.08. The van der Waals surface area contributed by atoms with Crippen LogP contribution in [0.4, 0.5) is 0 Å². The Labute approximate surface area is 118 Å². The second kappa shape index (κ2) is 6.29. The van der Waals surface area contributed by atoms with Crippen LogP contribution in [0, 0.1) is 0 Å². The molecule has 0 aliphatic carbocycles. The number of rotatable bonds is 5. The summed E-state index contributed by atoms with van der Waals surface area (Å²) < 4.78 is 0. The van der Waals surface area contributed by atoms with Gasteiger partial charge >= 0.3 is 5.97 Å². The van der Waals surface area contributed by atoms with Gasteiger partial charge in [-0.3, -0.25) is 14.4 Å². The van der Waals surface area contributed by atoms with Gasteiger partial charge in [0.2, 0.25) is 5.91 Å².